The van der Waals surface area contributed by atoms with Gasteiger partial charge in [0.15, 0.2) is 0 Å². The number of piperazine rings is 1. The molecule has 0 atom stereocenters. The SMILES string of the molecule is C=CCC1CC1.CC(=N)c1cccnc1NC=O.CO.Cc1ccc(N2CCN(C)CC2)cc1. The summed E-state index contributed by atoms with van der Waals surface area (Å²) in [5.74, 6) is 1.46. The van der Waals surface area contributed by atoms with Gasteiger partial charge in [-0.05, 0) is 70.3 Å². The van der Waals surface area contributed by atoms with Crippen LogP contribution < -0.4 is 10.2 Å². The maximum atomic E-state index is 10.1. The maximum Gasteiger partial charge on any atom is 0.212 e. The Labute approximate surface area is 205 Å². The summed E-state index contributed by atoms with van der Waals surface area (Å²) in [4.78, 5) is 18.9. The summed E-state index contributed by atoms with van der Waals surface area (Å²) in [7, 11) is 3.19. The van der Waals surface area contributed by atoms with Gasteiger partial charge in [-0.2, -0.15) is 0 Å². The van der Waals surface area contributed by atoms with Crippen LogP contribution in [0.15, 0.2) is 55.3 Å². The number of benzene rings is 1. The number of aliphatic hydroxyl groups is 1. The Bertz CT molecular complexity index is 858. The highest BCUT2D eigenvalue weighted by Gasteiger charge is 2.18. The maximum absolute atomic E-state index is 10.1. The number of nitrogens with zero attached hydrogens (tertiary/aromatic N) is 3. The minimum atomic E-state index is 0.382. The summed E-state index contributed by atoms with van der Waals surface area (Å²) in [6, 6.07) is 12.3. The number of carbonyl (C=O) groups excluding carboxylic acids is 1. The van der Waals surface area contributed by atoms with Crippen LogP contribution in [0.1, 0.15) is 37.3 Å². The zero-order valence-corrected chi connectivity index (χ0v) is 21.1. The lowest BCUT2D eigenvalue weighted by atomic mass is 10.2. The van der Waals surface area contributed by atoms with Crippen LogP contribution in [0.4, 0.5) is 11.5 Å². The molecule has 34 heavy (non-hydrogen) atoms. The molecule has 1 aliphatic carbocycles. The number of hydrogen-bond donors (Lipinski definition) is 3. The highest BCUT2D eigenvalue weighted by atomic mass is 16.2. The van der Waals surface area contributed by atoms with Crippen LogP contribution in [0.2, 0.25) is 0 Å². The minimum absolute atomic E-state index is 0.382. The number of nitrogens with one attached hydrogen (secondary N) is 2. The molecule has 3 N–H and O–H groups in total. The van der Waals surface area contributed by atoms with E-state index in [0.29, 0.717) is 23.5 Å². The first-order valence-electron chi connectivity index (χ1n) is 11.7. The van der Waals surface area contributed by atoms with Crippen molar-refractivity contribution in [1.82, 2.24) is 9.88 Å². The monoisotopic (exact) mass is 467 g/mol. The first kappa shape index (κ1) is 29.0. The number of anilines is 2. The summed E-state index contributed by atoms with van der Waals surface area (Å²) in [5, 5.41) is 16.8. The van der Waals surface area contributed by atoms with Gasteiger partial charge in [0.2, 0.25) is 6.41 Å². The van der Waals surface area contributed by atoms with Gasteiger partial charge in [0.25, 0.3) is 0 Å². The third-order valence-corrected chi connectivity index (χ3v) is 5.51. The fraction of sp³-hybridized carbons (Fsp3) is 0.444. The van der Waals surface area contributed by atoms with Crippen LogP contribution >= 0.6 is 0 Å². The Morgan fingerprint density at radius 3 is 2.26 bits per heavy atom. The molecule has 1 saturated heterocycles. The molecule has 0 bridgehead atoms. The predicted molar refractivity (Wildman–Crippen MR) is 143 cm³/mol. The normalized spacial score (nSPS) is 14.7. The first-order valence-corrected chi connectivity index (χ1v) is 11.7. The zero-order valence-electron chi connectivity index (χ0n) is 21.1. The fourth-order valence-electron chi connectivity index (χ4n) is 3.29. The van der Waals surface area contributed by atoms with Gasteiger partial charge in [-0.1, -0.05) is 23.8 Å². The predicted octanol–water partition coefficient (Wildman–Crippen LogP) is 4.37. The number of aryl methyl sites for hydroxylation is 1. The zero-order chi connectivity index (χ0) is 25.3. The fourth-order valence-corrected chi connectivity index (χ4v) is 3.29. The average molecular weight is 468 g/mol. The molecule has 7 nitrogen and oxygen atoms in total. The van der Waals surface area contributed by atoms with E-state index in [4.69, 9.17) is 10.5 Å². The molecule has 4 rings (SSSR count). The van der Waals surface area contributed by atoms with E-state index in [1.165, 1.54) is 43.6 Å². The third-order valence-electron chi connectivity index (χ3n) is 5.51. The number of amides is 1. The number of carbonyl (C=O) groups is 1. The van der Waals surface area contributed by atoms with E-state index in [0.717, 1.165) is 26.1 Å². The van der Waals surface area contributed by atoms with Gasteiger partial charge in [-0.15, -0.1) is 6.58 Å². The summed E-state index contributed by atoms with van der Waals surface area (Å²) in [5.41, 5.74) is 3.73. The molecule has 2 aromatic rings. The van der Waals surface area contributed by atoms with Gasteiger partial charge < -0.3 is 25.6 Å². The number of aromatic nitrogens is 1. The van der Waals surface area contributed by atoms with Gasteiger partial charge >= 0.3 is 0 Å². The van der Waals surface area contributed by atoms with Gasteiger partial charge in [0.05, 0.1) is 0 Å². The molecule has 2 heterocycles. The van der Waals surface area contributed by atoms with E-state index >= 15 is 0 Å². The Hall–Kier alpha value is -3.03. The molecule has 1 aromatic carbocycles. The molecular formula is C27H41N5O2. The Morgan fingerprint density at radius 2 is 1.79 bits per heavy atom. The third kappa shape index (κ3) is 11.2. The number of pyridine rings is 1. The van der Waals surface area contributed by atoms with Crippen molar-refractivity contribution >= 4 is 23.6 Å². The molecule has 2 fully saturated rings. The minimum Gasteiger partial charge on any atom is -0.400 e. The molecule has 1 aliphatic heterocycles. The van der Waals surface area contributed by atoms with Gasteiger partial charge in [0, 0.05) is 56.4 Å². The largest absolute Gasteiger partial charge is 0.400 e. The topological polar surface area (TPSA) is 92.5 Å². The molecule has 0 unspecified atom stereocenters. The number of hydrogen-bond acceptors (Lipinski definition) is 6. The second-order valence-electron chi connectivity index (χ2n) is 8.38. The van der Waals surface area contributed by atoms with E-state index in [2.05, 4.69) is 64.9 Å². The van der Waals surface area contributed by atoms with E-state index < -0.39 is 0 Å². The van der Waals surface area contributed by atoms with Gasteiger partial charge in [-0.25, -0.2) is 4.98 Å². The number of likely N-dealkylation sites (N-methyl/N-ethyl adjacent to an activating group) is 1. The van der Waals surface area contributed by atoms with Crippen LogP contribution in [0.5, 0.6) is 0 Å². The van der Waals surface area contributed by atoms with Crippen molar-refractivity contribution in [2.75, 3.05) is 50.6 Å². The summed E-state index contributed by atoms with van der Waals surface area (Å²) >= 11 is 0. The van der Waals surface area contributed by atoms with Crippen molar-refractivity contribution < 1.29 is 9.90 Å². The number of allylic oxidation sites excluding steroid dienone is 1. The highest BCUT2D eigenvalue weighted by Crippen LogP contribution is 2.32. The van der Waals surface area contributed by atoms with Crippen molar-refractivity contribution in [3.63, 3.8) is 0 Å². The van der Waals surface area contributed by atoms with Gasteiger partial charge in [0.1, 0.15) is 5.82 Å². The molecule has 2 aliphatic rings. The van der Waals surface area contributed by atoms with Crippen molar-refractivity contribution in [3.05, 3.63) is 66.4 Å². The van der Waals surface area contributed by atoms with E-state index in [1.54, 1.807) is 25.3 Å². The molecule has 1 saturated carbocycles. The van der Waals surface area contributed by atoms with E-state index in [1.807, 2.05) is 6.08 Å². The van der Waals surface area contributed by atoms with Crippen molar-refractivity contribution in [3.8, 4) is 0 Å². The molecule has 7 heteroatoms. The number of aliphatic hydroxyl groups excluding tert-OH is 1. The molecule has 1 aromatic heterocycles. The molecule has 0 spiro atoms. The number of rotatable bonds is 6. The van der Waals surface area contributed by atoms with Crippen molar-refractivity contribution in [2.45, 2.75) is 33.1 Å². The van der Waals surface area contributed by atoms with E-state index in [-0.39, 0.29) is 0 Å². The lowest BCUT2D eigenvalue weighted by Crippen LogP contribution is -2.44. The smallest absolute Gasteiger partial charge is 0.212 e. The summed E-state index contributed by atoms with van der Waals surface area (Å²) < 4.78 is 0. The second kappa shape index (κ2) is 16.6. The standard InChI is InChI=1S/C12H18N2.C8H9N3O.C6H10.CH4O/c1-11-3-5-12(6-4-11)14-9-7-13(2)8-10-14;1-6(9)7-3-2-4-10-8(7)11-5-12;1-2-3-6-4-5-6;1-2/h3-6H,7-10H2,1-2H3;2-5,9H,1H3,(H,10,11,12);2,6H,1,3-5H2;2H,1H3. The average Bonchev–Trinajstić information content (AvgIpc) is 3.67. The molecule has 186 valence electrons. The summed E-state index contributed by atoms with van der Waals surface area (Å²) in [6.45, 7) is 12.1. The summed E-state index contributed by atoms with van der Waals surface area (Å²) in [6.07, 6.45) is 8.28. The van der Waals surface area contributed by atoms with Crippen LogP contribution in [0.25, 0.3) is 0 Å². The lowest BCUT2D eigenvalue weighted by Gasteiger charge is -2.34. The second-order valence-corrected chi connectivity index (χ2v) is 8.38. The Balaban J connectivity index is 0.000000262. The highest BCUT2D eigenvalue weighted by molar-refractivity contribution is 6.01. The Morgan fingerprint density at radius 1 is 1.18 bits per heavy atom. The molecule has 0 radical (unpaired) electrons. The first-order chi connectivity index (χ1) is 16.4. The van der Waals surface area contributed by atoms with Gasteiger partial charge in [-0.3, -0.25) is 4.79 Å². The van der Waals surface area contributed by atoms with Crippen LogP contribution in [-0.4, -0.2) is 67.4 Å². The van der Waals surface area contributed by atoms with Crippen LogP contribution in [-0.2, 0) is 4.79 Å². The van der Waals surface area contributed by atoms with Crippen LogP contribution in [0, 0.1) is 18.3 Å². The lowest BCUT2D eigenvalue weighted by molar-refractivity contribution is -0.105. The van der Waals surface area contributed by atoms with Crippen LogP contribution in [0.3, 0.4) is 0 Å². The Kier molecular flexibility index (Phi) is 14.1. The molecular weight excluding hydrogens is 426 g/mol. The molecule has 1 amide bonds. The quantitative estimate of drug-likeness (QED) is 0.333. The van der Waals surface area contributed by atoms with Crippen molar-refractivity contribution in [1.29, 1.82) is 5.41 Å². The van der Waals surface area contributed by atoms with E-state index in [9.17, 15) is 4.79 Å². The van der Waals surface area contributed by atoms with Crippen molar-refractivity contribution in [2.24, 2.45) is 5.92 Å².